The van der Waals surface area contributed by atoms with Gasteiger partial charge in [0.15, 0.2) is 0 Å². The zero-order valence-electron chi connectivity index (χ0n) is 10.6. The second-order valence-electron chi connectivity index (χ2n) is 4.73. The number of amides is 1. The molecule has 0 aromatic carbocycles. The Labute approximate surface area is 111 Å². The molecule has 0 unspecified atom stereocenters. The number of pyridine rings is 1. The molecule has 0 saturated heterocycles. The monoisotopic (exact) mass is 263 g/mol. The van der Waals surface area contributed by atoms with Gasteiger partial charge in [0.05, 0.1) is 24.0 Å². The number of carbonyl (C=O) groups is 2. The van der Waals surface area contributed by atoms with Crippen molar-refractivity contribution in [3.63, 3.8) is 0 Å². The van der Waals surface area contributed by atoms with E-state index in [2.05, 4.69) is 4.98 Å². The van der Waals surface area contributed by atoms with Gasteiger partial charge in [-0.25, -0.2) is 4.79 Å². The van der Waals surface area contributed by atoms with Crippen LogP contribution in [0.15, 0.2) is 18.5 Å². The molecule has 0 spiro atoms. The molecule has 6 nitrogen and oxygen atoms in total. The lowest BCUT2D eigenvalue weighted by Gasteiger charge is -2.30. The number of aromatic nitrogens is 1. The average Bonchev–Trinajstić information content (AvgIpc) is 2.89. The second-order valence-corrected chi connectivity index (χ2v) is 4.73. The van der Waals surface area contributed by atoms with Crippen molar-refractivity contribution in [1.82, 2.24) is 4.98 Å². The van der Waals surface area contributed by atoms with E-state index in [0.29, 0.717) is 5.69 Å². The van der Waals surface area contributed by atoms with Gasteiger partial charge in [0.2, 0.25) is 5.91 Å². The van der Waals surface area contributed by atoms with E-state index in [1.54, 1.807) is 4.90 Å². The third-order valence-electron chi connectivity index (χ3n) is 3.43. The molecular weight excluding hydrogens is 246 g/mol. The van der Waals surface area contributed by atoms with Crippen LogP contribution >= 0.6 is 0 Å². The first kappa shape index (κ1) is 13.3. The van der Waals surface area contributed by atoms with E-state index < -0.39 is 11.9 Å². The van der Waals surface area contributed by atoms with E-state index in [1.807, 2.05) is 0 Å². The first-order chi connectivity index (χ1) is 9.09. The molecule has 102 valence electrons. The van der Waals surface area contributed by atoms with Gasteiger partial charge in [-0.1, -0.05) is 12.8 Å². The lowest BCUT2D eigenvalue weighted by atomic mass is 10.1. The number of primary amides is 1. The summed E-state index contributed by atoms with van der Waals surface area (Å²) in [5.74, 6) is -1.49. The minimum absolute atomic E-state index is 0.0244. The Balaban J connectivity index is 2.36. The van der Waals surface area contributed by atoms with Crippen LogP contribution in [-0.4, -0.2) is 34.6 Å². The zero-order chi connectivity index (χ0) is 13.8. The third kappa shape index (κ3) is 3.01. The van der Waals surface area contributed by atoms with Gasteiger partial charge in [0.1, 0.15) is 0 Å². The summed E-state index contributed by atoms with van der Waals surface area (Å²) in [6.07, 6.45) is 6.99. The van der Waals surface area contributed by atoms with Crippen molar-refractivity contribution in [2.24, 2.45) is 5.73 Å². The fourth-order valence-corrected chi connectivity index (χ4v) is 2.59. The number of nitrogens with zero attached hydrogens (tertiary/aromatic N) is 2. The molecule has 2 rings (SSSR count). The van der Waals surface area contributed by atoms with Crippen LogP contribution in [0.4, 0.5) is 5.69 Å². The molecule has 1 fully saturated rings. The van der Waals surface area contributed by atoms with Crippen molar-refractivity contribution in [2.45, 2.75) is 31.7 Å². The maximum absolute atomic E-state index is 11.3. The number of carboxylic acids is 1. The molecule has 6 heteroatoms. The van der Waals surface area contributed by atoms with Gasteiger partial charge >= 0.3 is 5.97 Å². The molecule has 1 aliphatic carbocycles. The maximum Gasteiger partial charge on any atom is 0.337 e. The van der Waals surface area contributed by atoms with Crippen LogP contribution in [0.25, 0.3) is 0 Å². The Kier molecular flexibility index (Phi) is 3.99. The van der Waals surface area contributed by atoms with E-state index in [1.165, 1.54) is 18.5 Å². The molecule has 1 aliphatic rings. The molecule has 0 atom stereocenters. The van der Waals surface area contributed by atoms with Crippen molar-refractivity contribution in [1.29, 1.82) is 0 Å². The summed E-state index contributed by atoms with van der Waals surface area (Å²) in [5, 5.41) is 9.22. The SMILES string of the molecule is NC(=O)CN(c1cnccc1C(=O)O)C1CCCC1. The lowest BCUT2D eigenvalue weighted by molar-refractivity contribution is -0.116. The van der Waals surface area contributed by atoms with Crippen LogP contribution in [0, 0.1) is 0 Å². The Morgan fingerprint density at radius 1 is 1.42 bits per heavy atom. The summed E-state index contributed by atoms with van der Waals surface area (Å²) >= 11 is 0. The van der Waals surface area contributed by atoms with Crippen LogP contribution in [0.1, 0.15) is 36.0 Å². The highest BCUT2D eigenvalue weighted by Gasteiger charge is 2.27. The summed E-state index contributed by atoms with van der Waals surface area (Å²) in [6, 6.07) is 1.61. The first-order valence-corrected chi connectivity index (χ1v) is 6.32. The molecule has 1 saturated carbocycles. The van der Waals surface area contributed by atoms with E-state index in [4.69, 9.17) is 5.73 Å². The average molecular weight is 263 g/mol. The molecule has 1 aromatic heterocycles. The molecule has 0 aliphatic heterocycles. The Bertz CT molecular complexity index is 484. The van der Waals surface area contributed by atoms with Crippen LogP contribution in [0.5, 0.6) is 0 Å². The van der Waals surface area contributed by atoms with Crippen molar-refractivity contribution in [3.8, 4) is 0 Å². The molecule has 0 bridgehead atoms. The minimum Gasteiger partial charge on any atom is -0.478 e. The number of hydrogen-bond acceptors (Lipinski definition) is 4. The Morgan fingerprint density at radius 2 is 2.11 bits per heavy atom. The second kappa shape index (κ2) is 5.69. The van der Waals surface area contributed by atoms with Crippen molar-refractivity contribution in [3.05, 3.63) is 24.0 Å². The molecule has 0 radical (unpaired) electrons. The highest BCUT2D eigenvalue weighted by molar-refractivity contribution is 5.95. The molecular formula is C13H17N3O3. The molecule has 1 aromatic rings. The lowest BCUT2D eigenvalue weighted by Crippen LogP contribution is -2.41. The van der Waals surface area contributed by atoms with Crippen molar-refractivity contribution < 1.29 is 14.7 Å². The van der Waals surface area contributed by atoms with Crippen LogP contribution in [0.2, 0.25) is 0 Å². The number of nitrogens with two attached hydrogens (primary N) is 1. The van der Waals surface area contributed by atoms with Gasteiger partial charge in [-0.2, -0.15) is 0 Å². The molecule has 1 heterocycles. The van der Waals surface area contributed by atoms with Crippen molar-refractivity contribution in [2.75, 3.05) is 11.4 Å². The normalized spacial score (nSPS) is 15.4. The molecule has 1 amide bonds. The summed E-state index contributed by atoms with van der Waals surface area (Å²) in [6.45, 7) is 0.0244. The van der Waals surface area contributed by atoms with Gasteiger partial charge < -0.3 is 15.7 Å². The number of aromatic carboxylic acids is 1. The fraction of sp³-hybridized carbons (Fsp3) is 0.462. The Morgan fingerprint density at radius 3 is 2.68 bits per heavy atom. The first-order valence-electron chi connectivity index (χ1n) is 6.32. The summed E-state index contributed by atoms with van der Waals surface area (Å²) < 4.78 is 0. The van der Waals surface area contributed by atoms with Crippen LogP contribution in [-0.2, 0) is 4.79 Å². The van der Waals surface area contributed by atoms with Gasteiger partial charge in [0, 0.05) is 12.2 Å². The topological polar surface area (TPSA) is 96.5 Å². The summed E-state index contributed by atoms with van der Waals surface area (Å²) in [5.41, 5.74) is 5.90. The number of rotatable bonds is 5. The summed E-state index contributed by atoms with van der Waals surface area (Å²) in [4.78, 5) is 28.2. The predicted octanol–water partition coefficient (Wildman–Crippen LogP) is 1.01. The predicted molar refractivity (Wildman–Crippen MR) is 70.0 cm³/mol. The summed E-state index contributed by atoms with van der Waals surface area (Å²) in [7, 11) is 0. The van der Waals surface area contributed by atoms with E-state index in [9.17, 15) is 14.7 Å². The van der Waals surface area contributed by atoms with Crippen molar-refractivity contribution >= 4 is 17.6 Å². The Hall–Kier alpha value is -2.11. The third-order valence-corrected chi connectivity index (χ3v) is 3.43. The highest BCUT2D eigenvalue weighted by atomic mass is 16.4. The standard InChI is InChI=1S/C13H17N3O3/c14-12(17)8-16(9-3-1-2-4-9)11-7-15-6-5-10(11)13(18)19/h5-7,9H,1-4,8H2,(H2,14,17)(H,18,19). The van der Waals surface area contributed by atoms with Gasteiger partial charge in [0.25, 0.3) is 0 Å². The van der Waals surface area contributed by atoms with Crippen LogP contribution < -0.4 is 10.6 Å². The van der Waals surface area contributed by atoms with Crippen LogP contribution in [0.3, 0.4) is 0 Å². The number of carboxylic acid groups (broad SMARTS) is 1. The zero-order valence-corrected chi connectivity index (χ0v) is 10.6. The van der Waals surface area contributed by atoms with E-state index in [-0.39, 0.29) is 18.2 Å². The molecule has 3 N–H and O–H groups in total. The van der Waals surface area contributed by atoms with Gasteiger partial charge in [-0.15, -0.1) is 0 Å². The number of hydrogen-bond donors (Lipinski definition) is 2. The number of anilines is 1. The smallest absolute Gasteiger partial charge is 0.337 e. The number of carbonyl (C=O) groups excluding carboxylic acids is 1. The van der Waals surface area contributed by atoms with Gasteiger partial charge in [-0.3, -0.25) is 9.78 Å². The quantitative estimate of drug-likeness (QED) is 0.826. The van der Waals surface area contributed by atoms with E-state index >= 15 is 0 Å². The fourth-order valence-electron chi connectivity index (χ4n) is 2.59. The maximum atomic E-state index is 11.3. The molecule has 19 heavy (non-hydrogen) atoms. The largest absolute Gasteiger partial charge is 0.478 e. The highest BCUT2D eigenvalue weighted by Crippen LogP contribution is 2.29. The minimum atomic E-state index is -1.02. The van der Waals surface area contributed by atoms with Gasteiger partial charge in [-0.05, 0) is 18.9 Å². The van der Waals surface area contributed by atoms with E-state index in [0.717, 1.165) is 25.7 Å².